The molecule has 1 atom stereocenters. The van der Waals surface area contributed by atoms with Crippen molar-refractivity contribution in [1.29, 1.82) is 0 Å². The lowest BCUT2D eigenvalue weighted by atomic mass is 9.92. The maximum atomic E-state index is 13.0. The summed E-state index contributed by atoms with van der Waals surface area (Å²) in [5, 5.41) is 14.8. The Labute approximate surface area is 168 Å². The molecule has 1 fully saturated rings. The molecule has 4 rings (SSSR count). The lowest BCUT2D eigenvalue weighted by Gasteiger charge is -2.36. The second-order valence-corrected chi connectivity index (χ2v) is 8.28. The quantitative estimate of drug-likeness (QED) is 0.699. The molecule has 1 amide bonds. The number of carbonyl (C=O) groups is 1. The number of thiazole rings is 1. The van der Waals surface area contributed by atoms with Gasteiger partial charge < -0.3 is 10.0 Å². The molecule has 6 nitrogen and oxygen atoms in total. The van der Waals surface area contributed by atoms with Crippen LogP contribution in [0.4, 0.5) is 13.2 Å². The summed E-state index contributed by atoms with van der Waals surface area (Å²) in [4.78, 5) is 17.9. The summed E-state index contributed by atoms with van der Waals surface area (Å²) in [5.74, 6) is -1.27. The van der Waals surface area contributed by atoms with Crippen LogP contribution in [0.3, 0.4) is 0 Å². The maximum absolute atomic E-state index is 13.0. The molecule has 0 radical (unpaired) electrons. The Bertz CT molecular complexity index is 1000. The number of rotatable bonds is 3. The number of nitrogens with zero attached hydrogens (tertiary/aromatic N) is 4. The molecular formula is C19H19F3N4O2S. The molecule has 1 aliphatic heterocycles. The van der Waals surface area contributed by atoms with E-state index in [4.69, 9.17) is 0 Å². The molecule has 0 aliphatic carbocycles. The number of halogens is 3. The Hall–Kier alpha value is -2.46. The van der Waals surface area contributed by atoms with Crippen molar-refractivity contribution in [3.8, 4) is 5.13 Å². The summed E-state index contributed by atoms with van der Waals surface area (Å²) in [6.45, 7) is 0.783. The highest BCUT2D eigenvalue weighted by Crippen LogP contribution is 2.35. The van der Waals surface area contributed by atoms with Gasteiger partial charge in [0.1, 0.15) is 0 Å². The number of benzene rings is 1. The maximum Gasteiger partial charge on any atom is 0.426 e. The van der Waals surface area contributed by atoms with Gasteiger partial charge in [0, 0.05) is 25.2 Å². The number of aliphatic hydroxyl groups is 1. The standard InChI is InChI=1S/C19H19F3N4O2S/c1-18(28,19(20,21)22)16(27)25-10-7-12(8-11-25)14-6-9-23-26(14)17-24-13-4-2-3-5-15(13)29-17/h2-6,9,12,28H,7-8,10-11H2,1H3. The summed E-state index contributed by atoms with van der Waals surface area (Å²) in [5.41, 5.74) is -1.58. The van der Waals surface area contributed by atoms with Crippen molar-refractivity contribution >= 4 is 27.5 Å². The van der Waals surface area contributed by atoms with Crippen LogP contribution in [0.25, 0.3) is 15.3 Å². The fraction of sp³-hybridized carbons (Fsp3) is 0.421. The first-order valence-electron chi connectivity index (χ1n) is 9.17. The summed E-state index contributed by atoms with van der Waals surface area (Å²) in [7, 11) is 0. The predicted octanol–water partition coefficient (Wildman–Crippen LogP) is 3.50. The number of hydrogen-bond acceptors (Lipinski definition) is 5. The third-order valence-electron chi connectivity index (χ3n) is 5.30. The number of carbonyl (C=O) groups excluding carboxylic acids is 1. The number of amides is 1. The topological polar surface area (TPSA) is 71.2 Å². The van der Waals surface area contributed by atoms with Crippen LogP contribution in [0.1, 0.15) is 31.4 Å². The second-order valence-electron chi connectivity index (χ2n) is 7.27. The lowest BCUT2D eigenvalue weighted by molar-refractivity contribution is -0.250. The molecular weight excluding hydrogens is 405 g/mol. The molecule has 154 valence electrons. The molecule has 1 aromatic carbocycles. The number of fused-ring (bicyclic) bond motifs is 1. The SMILES string of the molecule is CC(O)(C(=O)N1CCC(c2ccnn2-c2nc3ccccc3s2)CC1)C(F)(F)F. The van der Waals surface area contributed by atoms with E-state index >= 15 is 0 Å². The molecule has 0 spiro atoms. The van der Waals surface area contributed by atoms with Crippen LogP contribution in [0.2, 0.25) is 0 Å². The van der Waals surface area contributed by atoms with Crippen LogP contribution in [0, 0.1) is 0 Å². The van der Waals surface area contributed by atoms with E-state index < -0.39 is 17.7 Å². The van der Waals surface area contributed by atoms with Gasteiger partial charge in [-0.05, 0) is 38.0 Å². The van der Waals surface area contributed by atoms with Crippen molar-refractivity contribution in [3.05, 3.63) is 42.2 Å². The summed E-state index contributed by atoms with van der Waals surface area (Å²) in [6.07, 6.45) is -2.37. The zero-order valence-corrected chi connectivity index (χ0v) is 16.4. The Morgan fingerprint density at radius 1 is 1.21 bits per heavy atom. The first-order valence-corrected chi connectivity index (χ1v) is 9.98. The van der Waals surface area contributed by atoms with Gasteiger partial charge in [0.15, 0.2) is 0 Å². The fourth-order valence-corrected chi connectivity index (χ4v) is 4.49. The fourth-order valence-electron chi connectivity index (χ4n) is 3.54. The van der Waals surface area contributed by atoms with Crippen LogP contribution in [-0.4, -0.2) is 55.5 Å². The Balaban J connectivity index is 1.50. The van der Waals surface area contributed by atoms with Crippen LogP contribution in [-0.2, 0) is 4.79 Å². The Morgan fingerprint density at radius 3 is 2.55 bits per heavy atom. The molecule has 1 aliphatic rings. The van der Waals surface area contributed by atoms with E-state index in [1.54, 1.807) is 10.9 Å². The molecule has 1 saturated heterocycles. The summed E-state index contributed by atoms with van der Waals surface area (Å²) in [6, 6.07) is 9.64. The lowest BCUT2D eigenvalue weighted by Crippen LogP contribution is -2.57. The average Bonchev–Trinajstić information content (AvgIpc) is 3.33. The molecule has 3 aromatic rings. The van der Waals surface area contributed by atoms with Gasteiger partial charge in [0.05, 0.1) is 15.9 Å². The van der Waals surface area contributed by atoms with Crippen molar-refractivity contribution in [2.45, 2.75) is 37.5 Å². The minimum atomic E-state index is -5.01. The van der Waals surface area contributed by atoms with Gasteiger partial charge in [-0.3, -0.25) is 4.79 Å². The zero-order valence-electron chi connectivity index (χ0n) is 15.6. The third-order valence-corrected chi connectivity index (χ3v) is 6.32. The van der Waals surface area contributed by atoms with Crippen LogP contribution < -0.4 is 0 Å². The van der Waals surface area contributed by atoms with Gasteiger partial charge in [-0.15, -0.1) is 0 Å². The number of likely N-dealkylation sites (tertiary alicyclic amines) is 1. The average molecular weight is 424 g/mol. The van der Waals surface area contributed by atoms with E-state index in [2.05, 4.69) is 10.1 Å². The zero-order chi connectivity index (χ0) is 20.8. The van der Waals surface area contributed by atoms with E-state index in [-0.39, 0.29) is 19.0 Å². The molecule has 2 aromatic heterocycles. The molecule has 0 saturated carbocycles. The van der Waals surface area contributed by atoms with Crippen LogP contribution in [0.5, 0.6) is 0 Å². The highest BCUT2D eigenvalue weighted by atomic mass is 32.1. The Kier molecular flexibility index (Phi) is 4.86. The van der Waals surface area contributed by atoms with Crippen molar-refractivity contribution in [2.24, 2.45) is 0 Å². The van der Waals surface area contributed by atoms with Gasteiger partial charge in [-0.1, -0.05) is 23.5 Å². The first kappa shape index (κ1) is 19.8. The number of alkyl halides is 3. The molecule has 10 heteroatoms. The van der Waals surface area contributed by atoms with Crippen LogP contribution >= 0.6 is 11.3 Å². The normalized spacial score (nSPS) is 18.2. The van der Waals surface area contributed by atoms with E-state index in [9.17, 15) is 23.1 Å². The minimum absolute atomic E-state index is 0.0318. The van der Waals surface area contributed by atoms with E-state index in [0.717, 1.165) is 25.9 Å². The smallest absolute Gasteiger partial charge is 0.373 e. The highest BCUT2D eigenvalue weighted by molar-refractivity contribution is 7.20. The third kappa shape index (κ3) is 3.51. The molecule has 0 bridgehead atoms. The number of piperidine rings is 1. The second kappa shape index (κ2) is 7.10. The molecule has 3 heterocycles. The van der Waals surface area contributed by atoms with Gasteiger partial charge >= 0.3 is 6.18 Å². The highest BCUT2D eigenvalue weighted by Gasteiger charge is 2.57. The number of aromatic nitrogens is 3. The molecule has 29 heavy (non-hydrogen) atoms. The molecule has 1 N–H and O–H groups in total. The predicted molar refractivity (Wildman–Crippen MR) is 102 cm³/mol. The van der Waals surface area contributed by atoms with Gasteiger partial charge in [-0.2, -0.15) is 18.3 Å². The first-order chi connectivity index (χ1) is 13.7. The van der Waals surface area contributed by atoms with Gasteiger partial charge in [0.25, 0.3) is 5.91 Å². The summed E-state index contributed by atoms with van der Waals surface area (Å²) >= 11 is 1.51. The monoisotopic (exact) mass is 424 g/mol. The number of para-hydroxylation sites is 1. The van der Waals surface area contributed by atoms with Gasteiger partial charge in [0.2, 0.25) is 10.7 Å². The molecule has 1 unspecified atom stereocenters. The van der Waals surface area contributed by atoms with E-state index in [1.165, 1.54) is 11.3 Å². The summed E-state index contributed by atoms with van der Waals surface area (Å²) < 4.78 is 41.7. The Morgan fingerprint density at radius 2 is 1.90 bits per heavy atom. The van der Waals surface area contributed by atoms with Crippen molar-refractivity contribution < 1.29 is 23.1 Å². The van der Waals surface area contributed by atoms with Crippen molar-refractivity contribution in [1.82, 2.24) is 19.7 Å². The van der Waals surface area contributed by atoms with Crippen LogP contribution in [0.15, 0.2) is 36.5 Å². The van der Waals surface area contributed by atoms with Crippen molar-refractivity contribution in [2.75, 3.05) is 13.1 Å². The minimum Gasteiger partial charge on any atom is -0.373 e. The van der Waals surface area contributed by atoms with Crippen molar-refractivity contribution in [3.63, 3.8) is 0 Å². The number of hydrogen-bond donors (Lipinski definition) is 1. The largest absolute Gasteiger partial charge is 0.426 e. The van der Waals surface area contributed by atoms with Gasteiger partial charge in [-0.25, -0.2) is 9.67 Å². The van der Waals surface area contributed by atoms with E-state index in [1.807, 2.05) is 30.3 Å². The van der Waals surface area contributed by atoms with E-state index in [0.29, 0.717) is 19.8 Å².